The van der Waals surface area contributed by atoms with Crippen LogP contribution in [0.15, 0.2) is 82.6 Å². The summed E-state index contributed by atoms with van der Waals surface area (Å²) in [5, 5.41) is 0. The quantitative estimate of drug-likeness (QED) is 0.405. The average Bonchev–Trinajstić information content (AvgIpc) is 3.18. The molecular formula is C24H23N3O7S2. The van der Waals surface area contributed by atoms with Crippen molar-refractivity contribution in [3.05, 3.63) is 72.8 Å². The summed E-state index contributed by atoms with van der Waals surface area (Å²) in [5.74, 6) is -0.0497. The van der Waals surface area contributed by atoms with Crippen LogP contribution in [0.2, 0.25) is 0 Å². The Kier molecular flexibility index (Phi) is 7.00. The van der Waals surface area contributed by atoms with Gasteiger partial charge in [0, 0.05) is 24.2 Å². The standard InChI is InChI=1S/C24H23N3O7S2/c1-2-34-20-9-3-17(4-10-20)25-35(30,31)21-11-5-18(6-12-21)26-36(32,33)22-13-7-19(8-14-22)27-23(28)15-16-24(27)29/h3-14,25-26H,2,15-16H2,1H3. The Balaban J connectivity index is 1.44. The number of hydrogen-bond acceptors (Lipinski definition) is 7. The van der Waals surface area contributed by atoms with Gasteiger partial charge in [0.1, 0.15) is 5.75 Å². The van der Waals surface area contributed by atoms with Gasteiger partial charge in [0.25, 0.3) is 20.0 Å². The van der Waals surface area contributed by atoms with E-state index in [0.717, 1.165) is 4.90 Å². The maximum Gasteiger partial charge on any atom is 0.261 e. The Morgan fingerprint density at radius 2 is 1.11 bits per heavy atom. The first-order chi connectivity index (χ1) is 17.1. The van der Waals surface area contributed by atoms with E-state index in [1.807, 2.05) is 6.92 Å². The van der Waals surface area contributed by atoms with Crippen molar-refractivity contribution in [1.82, 2.24) is 0 Å². The summed E-state index contributed by atoms with van der Waals surface area (Å²) in [6.07, 6.45) is 0.254. The predicted octanol–water partition coefficient (Wildman–Crippen LogP) is 3.34. The zero-order chi connectivity index (χ0) is 25.9. The van der Waals surface area contributed by atoms with Crippen LogP contribution in [-0.4, -0.2) is 35.3 Å². The van der Waals surface area contributed by atoms with Crippen LogP contribution in [0.5, 0.6) is 5.75 Å². The molecule has 0 bridgehead atoms. The number of sulfonamides is 2. The first-order valence-electron chi connectivity index (χ1n) is 10.9. The Bertz CT molecular complexity index is 1470. The molecule has 0 atom stereocenters. The lowest BCUT2D eigenvalue weighted by molar-refractivity contribution is -0.121. The molecular weight excluding hydrogens is 506 g/mol. The van der Waals surface area contributed by atoms with E-state index in [4.69, 9.17) is 4.74 Å². The van der Waals surface area contributed by atoms with Gasteiger partial charge in [-0.15, -0.1) is 0 Å². The molecule has 3 aromatic rings. The number of benzene rings is 3. The number of nitrogens with zero attached hydrogens (tertiary/aromatic N) is 1. The van der Waals surface area contributed by atoms with Gasteiger partial charge in [0.15, 0.2) is 0 Å². The molecule has 1 fully saturated rings. The van der Waals surface area contributed by atoms with Gasteiger partial charge in [-0.1, -0.05) is 0 Å². The van der Waals surface area contributed by atoms with E-state index in [9.17, 15) is 26.4 Å². The van der Waals surface area contributed by atoms with Crippen molar-refractivity contribution in [2.75, 3.05) is 21.0 Å². The van der Waals surface area contributed by atoms with Gasteiger partial charge in [0.2, 0.25) is 11.8 Å². The third-order valence-electron chi connectivity index (χ3n) is 5.29. The van der Waals surface area contributed by atoms with Gasteiger partial charge in [-0.2, -0.15) is 0 Å². The third kappa shape index (κ3) is 5.50. The van der Waals surface area contributed by atoms with Crippen molar-refractivity contribution in [2.24, 2.45) is 0 Å². The number of carbonyl (C=O) groups is 2. The molecule has 0 spiro atoms. The molecule has 1 saturated heterocycles. The van der Waals surface area contributed by atoms with E-state index < -0.39 is 20.0 Å². The Labute approximate surface area is 209 Å². The second-order valence-corrected chi connectivity index (χ2v) is 11.2. The summed E-state index contributed by atoms with van der Waals surface area (Å²) in [5.41, 5.74) is 0.809. The fourth-order valence-electron chi connectivity index (χ4n) is 3.56. The first kappa shape index (κ1) is 25.2. The molecule has 2 N–H and O–H groups in total. The van der Waals surface area contributed by atoms with Crippen LogP contribution in [0.1, 0.15) is 19.8 Å². The van der Waals surface area contributed by atoms with Gasteiger partial charge in [-0.3, -0.25) is 23.9 Å². The highest BCUT2D eigenvalue weighted by Gasteiger charge is 2.30. The highest BCUT2D eigenvalue weighted by Crippen LogP contribution is 2.26. The van der Waals surface area contributed by atoms with E-state index in [2.05, 4.69) is 9.44 Å². The predicted molar refractivity (Wildman–Crippen MR) is 134 cm³/mol. The van der Waals surface area contributed by atoms with Crippen molar-refractivity contribution < 1.29 is 31.2 Å². The molecule has 4 rings (SSSR count). The third-order valence-corrected chi connectivity index (χ3v) is 8.09. The number of amides is 2. The molecule has 188 valence electrons. The summed E-state index contributed by atoms with van der Waals surface area (Å²) in [6, 6.07) is 17.0. The first-order valence-corrected chi connectivity index (χ1v) is 13.9. The zero-order valence-corrected chi connectivity index (χ0v) is 20.8. The monoisotopic (exact) mass is 529 g/mol. The molecule has 0 aromatic heterocycles. The van der Waals surface area contributed by atoms with Crippen LogP contribution in [0, 0.1) is 0 Å². The van der Waals surface area contributed by atoms with Crippen molar-refractivity contribution in [1.29, 1.82) is 0 Å². The Morgan fingerprint density at radius 3 is 1.56 bits per heavy atom. The maximum absolute atomic E-state index is 12.8. The van der Waals surface area contributed by atoms with Gasteiger partial charge < -0.3 is 4.74 Å². The molecule has 0 saturated carbocycles. The second-order valence-electron chi connectivity index (χ2n) is 7.81. The Hall–Kier alpha value is -3.90. The number of hydrogen-bond donors (Lipinski definition) is 2. The largest absolute Gasteiger partial charge is 0.494 e. The summed E-state index contributed by atoms with van der Waals surface area (Å²) < 4.78 is 61.1. The zero-order valence-electron chi connectivity index (χ0n) is 19.2. The van der Waals surface area contributed by atoms with Gasteiger partial charge >= 0.3 is 0 Å². The van der Waals surface area contributed by atoms with Crippen molar-refractivity contribution in [3.8, 4) is 5.75 Å². The molecule has 0 aliphatic carbocycles. The van der Waals surface area contributed by atoms with E-state index in [1.54, 1.807) is 24.3 Å². The lowest BCUT2D eigenvalue weighted by atomic mass is 10.3. The maximum atomic E-state index is 12.8. The molecule has 0 unspecified atom stereocenters. The highest BCUT2D eigenvalue weighted by molar-refractivity contribution is 7.93. The van der Waals surface area contributed by atoms with Gasteiger partial charge in [-0.05, 0) is 79.7 Å². The van der Waals surface area contributed by atoms with E-state index >= 15 is 0 Å². The summed E-state index contributed by atoms with van der Waals surface area (Å²) in [7, 11) is -7.90. The summed E-state index contributed by atoms with van der Waals surface area (Å²) in [6.45, 7) is 2.34. The normalized spacial score (nSPS) is 14.1. The number of imide groups is 1. The lowest BCUT2D eigenvalue weighted by Gasteiger charge is -2.15. The fraction of sp³-hybridized carbons (Fsp3) is 0.167. The average molecular weight is 530 g/mol. The van der Waals surface area contributed by atoms with Crippen LogP contribution in [0.3, 0.4) is 0 Å². The minimum Gasteiger partial charge on any atom is -0.494 e. The SMILES string of the molecule is CCOc1ccc(NS(=O)(=O)c2ccc(NS(=O)(=O)c3ccc(N4C(=O)CCC4=O)cc3)cc2)cc1. The van der Waals surface area contributed by atoms with E-state index in [-0.39, 0.29) is 40.1 Å². The number of nitrogens with one attached hydrogen (secondary N) is 2. The molecule has 1 aliphatic rings. The van der Waals surface area contributed by atoms with E-state index in [1.165, 1.54) is 48.5 Å². The fourth-order valence-corrected chi connectivity index (χ4v) is 5.67. The number of carbonyl (C=O) groups excluding carboxylic acids is 2. The minimum absolute atomic E-state index is 0.0522. The van der Waals surface area contributed by atoms with Crippen molar-refractivity contribution in [3.63, 3.8) is 0 Å². The second kappa shape index (κ2) is 9.99. The van der Waals surface area contributed by atoms with Crippen LogP contribution in [0.25, 0.3) is 0 Å². The summed E-state index contributed by atoms with van der Waals surface area (Å²) >= 11 is 0. The smallest absolute Gasteiger partial charge is 0.261 e. The van der Waals surface area contributed by atoms with Gasteiger partial charge in [0.05, 0.1) is 22.1 Å². The highest BCUT2D eigenvalue weighted by atomic mass is 32.2. The lowest BCUT2D eigenvalue weighted by Crippen LogP contribution is -2.28. The number of rotatable bonds is 9. The number of anilines is 3. The molecule has 1 aliphatic heterocycles. The van der Waals surface area contributed by atoms with Crippen LogP contribution < -0.4 is 19.1 Å². The Morgan fingerprint density at radius 1 is 0.694 bits per heavy atom. The topological polar surface area (TPSA) is 139 Å². The molecule has 10 nitrogen and oxygen atoms in total. The molecule has 36 heavy (non-hydrogen) atoms. The minimum atomic E-state index is -4.00. The van der Waals surface area contributed by atoms with Crippen LogP contribution >= 0.6 is 0 Å². The molecule has 1 heterocycles. The van der Waals surface area contributed by atoms with Crippen LogP contribution in [-0.2, 0) is 29.6 Å². The molecule has 0 radical (unpaired) electrons. The van der Waals surface area contributed by atoms with Crippen molar-refractivity contribution >= 4 is 48.9 Å². The number of ether oxygens (including phenoxy) is 1. The van der Waals surface area contributed by atoms with Crippen LogP contribution in [0.4, 0.5) is 17.1 Å². The molecule has 3 aromatic carbocycles. The van der Waals surface area contributed by atoms with Crippen molar-refractivity contribution in [2.45, 2.75) is 29.6 Å². The van der Waals surface area contributed by atoms with E-state index in [0.29, 0.717) is 23.7 Å². The summed E-state index contributed by atoms with van der Waals surface area (Å²) in [4.78, 5) is 24.6. The van der Waals surface area contributed by atoms with Gasteiger partial charge in [-0.25, -0.2) is 16.8 Å². The molecule has 2 amide bonds. The molecule has 12 heteroatoms.